The van der Waals surface area contributed by atoms with E-state index in [0.29, 0.717) is 32.4 Å². The molecule has 1 aliphatic carbocycles. The van der Waals surface area contributed by atoms with Crippen LogP contribution in [-0.4, -0.2) is 30.3 Å². The molecule has 122 valence electrons. The predicted octanol–water partition coefficient (Wildman–Crippen LogP) is 2.61. The number of rotatable bonds is 8. The molecule has 22 heavy (non-hydrogen) atoms. The van der Waals surface area contributed by atoms with Crippen molar-refractivity contribution in [1.82, 2.24) is 5.32 Å². The first kappa shape index (κ1) is 16.8. The molecular formula is C18H27NO3. The van der Waals surface area contributed by atoms with Crippen LogP contribution in [-0.2, 0) is 17.6 Å². The van der Waals surface area contributed by atoms with Gasteiger partial charge in [-0.25, -0.2) is 0 Å². The highest BCUT2D eigenvalue weighted by Crippen LogP contribution is 2.25. The summed E-state index contributed by atoms with van der Waals surface area (Å²) in [4.78, 5) is 11.6. The molecule has 0 heterocycles. The third kappa shape index (κ3) is 5.68. The van der Waals surface area contributed by atoms with E-state index < -0.39 is 0 Å². The number of carbonyl (C=O) groups excluding carboxylic acids is 1. The fraction of sp³-hybridized carbons (Fsp3) is 0.611. The molecule has 0 aromatic heterocycles. The molecule has 1 amide bonds. The fourth-order valence-electron chi connectivity index (χ4n) is 2.73. The van der Waals surface area contributed by atoms with Crippen molar-refractivity contribution in [1.29, 1.82) is 0 Å². The smallest absolute Gasteiger partial charge is 0.220 e. The Morgan fingerprint density at radius 2 is 2.09 bits per heavy atom. The van der Waals surface area contributed by atoms with Crippen LogP contribution in [0.2, 0.25) is 0 Å². The van der Waals surface area contributed by atoms with Gasteiger partial charge in [0.05, 0.1) is 12.7 Å². The van der Waals surface area contributed by atoms with Gasteiger partial charge >= 0.3 is 0 Å². The summed E-state index contributed by atoms with van der Waals surface area (Å²) in [6, 6.07) is 6.36. The van der Waals surface area contributed by atoms with E-state index in [1.54, 1.807) is 6.92 Å². The number of aliphatic hydroxyl groups excluding tert-OH is 1. The zero-order chi connectivity index (χ0) is 15.8. The number of carbonyl (C=O) groups is 1. The molecule has 1 atom stereocenters. The van der Waals surface area contributed by atoms with E-state index >= 15 is 0 Å². The van der Waals surface area contributed by atoms with E-state index in [1.165, 1.54) is 30.4 Å². The van der Waals surface area contributed by atoms with Crippen LogP contribution in [0.3, 0.4) is 0 Å². The topological polar surface area (TPSA) is 58.6 Å². The average molecular weight is 305 g/mol. The molecule has 1 aromatic rings. The minimum Gasteiger partial charge on any atom is -0.494 e. The number of hydrogen-bond donors (Lipinski definition) is 2. The van der Waals surface area contributed by atoms with Gasteiger partial charge in [0.1, 0.15) is 5.75 Å². The largest absolute Gasteiger partial charge is 0.494 e. The van der Waals surface area contributed by atoms with Gasteiger partial charge in [-0.3, -0.25) is 4.79 Å². The Bertz CT molecular complexity index is 485. The van der Waals surface area contributed by atoms with Crippen molar-refractivity contribution >= 4 is 5.91 Å². The van der Waals surface area contributed by atoms with Gasteiger partial charge in [0.25, 0.3) is 0 Å². The Hall–Kier alpha value is -1.55. The van der Waals surface area contributed by atoms with Gasteiger partial charge in [-0.1, -0.05) is 6.07 Å². The lowest BCUT2D eigenvalue weighted by atomic mass is 9.92. The summed E-state index contributed by atoms with van der Waals surface area (Å²) in [5.74, 6) is 0.935. The van der Waals surface area contributed by atoms with E-state index in [0.717, 1.165) is 12.2 Å². The molecule has 0 saturated carbocycles. The molecule has 4 nitrogen and oxygen atoms in total. The Morgan fingerprint density at radius 1 is 1.32 bits per heavy atom. The molecule has 0 saturated heterocycles. The number of fused-ring (bicyclic) bond motifs is 1. The van der Waals surface area contributed by atoms with Gasteiger partial charge in [-0.2, -0.15) is 0 Å². The lowest BCUT2D eigenvalue weighted by Crippen LogP contribution is -2.26. The lowest BCUT2D eigenvalue weighted by Gasteiger charge is -2.16. The number of amides is 1. The predicted molar refractivity (Wildman–Crippen MR) is 87.1 cm³/mol. The lowest BCUT2D eigenvalue weighted by molar-refractivity contribution is -0.121. The minimum atomic E-state index is -0.368. The van der Waals surface area contributed by atoms with Crippen LogP contribution in [0.15, 0.2) is 18.2 Å². The summed E-state index contributed by atoms with van der Waals surface area (Å²) < 4.78 is 5.75. The van der Waals surface area contributed by atoms with Crippen molar-refractivity contribution in [3.05, 3.63) is 29.3 Å². The molecule has 0 spiro atoms. The number of benzene rings is 1. The van der Waals surface area contributed by atoms with E-state index in [2.05, 4.69) is 17.4 Å². The van der Waals surface area contributed by atoms with Gasteiger partial charge in [0, 0.05) is 13.0 Å². The van der Waals surface area contributed by atoms with Crippen LogP contribution >= 0.6 is 0 Å². The van der Waals surface area contributed by atoms with Crippen molar-refractivity contribution in [2.24, 2.45) is 0 Å². The van der Waals surface area contributed by atoms with Crippen molar-refractivity contribution < 1.29 is 14.6 Å². The third-order valence-electron chi connectivity index (χ3n) is 4.02. The van der Waals surface area contributed by atoms with Crippen molar-refractivity contribution in [2.75, 3.05) is 13.2 Å². The van der Waals surface area contributed by atoms with Crippen LogP contribution in [0.1, 0.15) is 50.2 Å². The number of aliphatic hydroxyl groups is 1. The summed E-state index contributed by atoms with van der Waals surface area (Å²) in [6.07, 6.45) is 6.29. The molecular weight excluding hydrogens is 278 g/mol. The van der Waals surface area contributed by atoms with Gasteiger partial charge in [0.2, 0.25) is 5.91 Å². The normalized spacial score (nSPS) is 15.0. The molecule has 1 aromatic carbocycles. The maximum absolute atomic E-state index is 11.6. The Labute approximate surface area is 132 Å². The molecule has 1 unspecified atom stereocenters. The van der Waals surface area contributed by atoms with Crippen LogP contribution in [0.5, 0.6) is 5.75 Å². The molecule has 0 radical (unpaired) electrons. The van der Waals surface area contributed by atoms with E-state index in [4.69, 9.17) is 9.84 Å². The molecule has 2 N–H and O–H groups in total. The Kier molecular flexibility index (Phi) is 6.72. The second-order valence-electron chi connectivity index (χ2n) is 6.08. The molecule has 0 fully saturated rings. The quantitative estimate of drug-likeness (QED) is 0.726. The third-order valence-corrected chi connectivity index (χ3v) is 4.02. The molecule has 4 heteroatoms. The highest BCUT2D eigenvalue weighted by Gasteiger charge is 2.10. The van der Waals surface area contributed by atoms with Crippen LogP contribution in [0, 0.1) is 0 Å². The maximum Gasteiger partial charge on any atom is 0.220 e. The number of nitrogens with one attached hydrogen (secondary N) is 1. The number of hydrogen-bond acceptors (Lipinski definition) is 3. The van der Waals surface area contributed by atoms with Crippen molar-refractivity contribution in [3.8, 4) is 5.75 Å². The SMILES string of the molecule is CC(O)CCNC(=O)CCCOc1ccc2c(c1)CCCC2. The Balaban J connectivity index is 1.63. The number of ether oxygens (including phenoxy) is 1. The van der Waals surface area contributed by atoms with E-state index in [-0.39, 0.29) is 12.0 Å². The zero-order valence-electron chi connectivity index (χ0n) is 13.4. The molecule has 0 aliphatic heterocycles. The van der Waals surface area contributed by atoms with Crippen LogP contribution < -0.4 is 10.1 Å². The zero-order valence-corrected chi connectivity index (χ0v) is 13.4. The van der Waals surface area contributed by atoms with E-state index in [9.17, 15) is 4.79 Å². The second kappa shape index (κ2) is 8.79. The second-order valence-corrected chi connectivity index (χ2v) is 6.08. The molecule has 0 bridgehead atoms. The summed E-state index contributed by atoms with van der Waals surface area (Å²) >= 11 is 0. The first-order chi connectivity index (χ1) is 10.6. The van der Waals surface area contributed by atoms with Crippen LogP contribution in [0.25, 0.3) is 0 Å². The summed E-state index contributed by atoms with van der Waals surface area (Å²) in [7, 11) is 0. The van der Waals surface area contributed by atoms with Gasteiger partial charge in [-0.15, -0.1) is 0 Å². The minimum absolute atomic E-state index is 0.0229. The monoisotopic (exact) mass is 305 g/mol. The summed E-state index contributed by atoms with van der Waals surface area (Å²) in [6.45, 7) is 2.81. The first-order valence-corrected chi connectivity index (χ1v) is 8.34. The number of aryl methyl sites for hydroxylation is 2. The van der Waals surface area contributed by atoms with E-state index in [1.807, 2.05) is 6.07 Å². The Morgan fingerprint density at radius 3 is 2.86 bits per heavy atom. The first-order valence-electron chi connectivity index (χ1n) is 8.34. The summed E-state index contributed by atoms with van der Waals surface area (Å²) in [5, 5.41) is 11.9. The highest BCUT2D eigenvalue weighted by atomic mass is 16.5. The van der Waals surface area contributed by atoms with Gasteiger partial charge < -0.3 is 15.2 Å². The molecule has 1 aliphatic rings. The van der Waals surface area contributed by atoms with Crippen molar-refractivity contribution in [3.63, 3.8) is 0 Å². The fourth-order valence-corrected chi connectivity index (χ4v) is 2.73. The van der Waals surface area contributed by atoms with Crippen molar-refractivity contribution in [2.45, 2.75) is 58.0 Å². The van der Waals surface area contributed by atoms with Gasteiger partial charge in [-0.05, 0) is 68.7 Å². The summed E-state index contributed by atoms with van der Waals surface area (Å²) in [5.41, 5.74) is 2.87. The molecule has 2 rings (SSSR count). The highest BCUT2D eigenvalue weighted by molar-refractivity contribution is 5.75. The maximum atomic E-state index is 11.6. The van der Waals surface area contributed by atoms with Gasteiger partial charge in [0.15, 0.2) is 0 Å². The standard InChI is InChI=1S/C18H27NO3/c1-14(20)10-11-19-18(21)7-4-12-22-17-9-8-15-5-2-3-6-16(15)13-17/h8-9,13-14,20H,2-7,10-12H2,1H3,(H,19,21). The average Bonchev–Trinajstić information content (AvgIpc) is 2.51. The van der Waals surface area contributed by atoms with Crippen LogP contribution in [0.4, 0.5) is 0 Å².